The number of nitrogens with one attached hydrogen (secondary N) is 2. The number of carbonyl (C=O) groups excluding carboxylic acids is 4. The van der Waals surface area contributed by atoms with Crippen molar-refractivity contribution < 1.29 is 23.9 Å². The number of hydrogen-bond donors (Lipinski definition) is 2. The van der Waals surface area contributed by atoms with E-state index in [0.717, 1.165) is 5.56 Å². The highest BCUT2D eigenvalue weighted by Gasteiger charge is 2.31. The molecule has 0 atom stereocenters. The highest BCUT2D eigenvalue weighted by molar-refractivity contribution is 8.26. The van der Waals surface area contributed by atoms with E-state index in [-0.39, 0.29) is 24.8 Å². The number of ether oxygens (including phenoxy) is 1. The molecule has 1 aliphatic heterocycles. The third kappa shape index (κ3) is 6.46. The molecule has 2 heterocycles. The van der Waals surface area contributed by atoms with Gasteiger partial charge >= 0.3 is 5.97 Å². The lowest BCUT2D eigenvalue weighted by molar-refractivity contribution is -0.124. The second kappa shape index (κ2) is 11.3. The predicted molar refractivity (Wildman–Crippen MR) is 127 cm³/mol. The molecule has 1 aromatic carbocycles. The van der Waals surface area contributed by atoms with Crippen LogP contribution in [0.5, 0.6) is 0 Å². The number of aromatic nitrogens is 1. The molecule has 1 aliphatic rings. The van der Waals surface area contributed by atoms with E-state index in [1.54, 1.807) is 30.3 Å². The standard InChI is InChI=1S/C22H20N4O5S2/c1-31-21(30)16-6-4-14(5-7-16)13-17-20(29)26(22(32)33-17)12-2-3-18(27)24-25-19(28)15-8-10-23-11-9-15/h4-11,13H,2-3,12H2,1H3,(H,24,27)(H,25,28). The van der Waals surface area contributed by atoms with Crippen molar-refractivity contribution in [1.29, 1.82) is 0 Å². The number of thioether (sulfide) groups is 1. The van der Waals surface area contributed by atoms with Gasteiger partial charge in [-0.2, -0.15) is 0 Å². The monoisotopic (exact) mass is 484 g/mol. The third-order valence-electron chi connectivity index (χ3n) is 4.55. The van der Waals surface area contributed by atoms with Crippen LogP contribution in [0.25, 0.3) is 6.08 Å². The SMILES string of the molecule is COC(=O)c1ccc(C=C2SC(=S)N(CCCC(=O)NNC(=O)c3ccncc3)C2=O)cc1. The summed E-state index contributed by atoms with van der Waals surface area (Å²) in [5.41, 5.74) is 6.20. The number of nitrogens with zero attached hydrogens (tertiary/aromatic N) is 2. The molecule has 0 aliphatic carbocycles. The second-order valence-corrected chi connectivity index (χ2v) is 8.46. The summed E-state index contributed by atoms with van der Waals surface area (Å²) in [6.45, 7) is 0.273. The Morgan fingerprint density at radius 2 is 1.79 bits per heavy atom. The van der Waals surface area contributed by atoms with Crippen LogP contribution in [0.2, 0.25) is 0 Å². The van der Waals surface area contributed by atoms with Crippen LogP contribution in [0.15, 0.2) is 53.7 Å². The molecule has 11 heteroatoms. The number of thiocarbonyl (C=S) groups is 1. The zero-order valence-corrected chi connectivity index (χ0v) is 19.2. The fourth-order valence-corrected chi connectivity index (χ4v) is 4.15. The van der Waals surface area contributed by atoms with Crippen LogP contribution >= 0.6 is 24.0 Å². The number of hydrazine groups is 1. The summed E-state index contributed by atoms with van der Waals surface area (Å²) in [6, 6.07) is 9.71. The van der Waals surface area contributed by atoms with Crippen LogP contribution in [0.4, 0.5) is 0 Å². The molecule has 9 nitrogen and oxygen atoms in total. The minimum atomic E-state index is -0.451. The number of pyridine rings is 1. The van der Waals surface area contributed by atoms with Gasteiger partial charge in [-0.1, -0.05) is 36.1 Å². The number of methoxy groups -OCH3 is 1. The Kier molecular flexibility index (Phi) is 8.28. The molecular weight excluding hydrogens is 464 g/mol. The average Bonchev–Trinajstić information content (AvgIpc) is 3.10. The van der Waals surface area contributed by atoms with E-state index in [2.05, 4.69) is 20.6 Å². The van der Waals surface area contributed by atoms with Crippen molar-refractivity contribution in [3.8, 4) is 0 Å². The van der Waals surface area contributed by atoms with E-state index in [1.807, 2.05) is 0 Å². The largest absolute Gasteiger partial charge is 0.465 e. The first-order valence-corrected chi connectivity index (χ1v) is 11.0. The summed E-state index contributed by atoms with van der Waals surface area (Å²) in [5, 5.41) is 0. The molecule has 0 spiro atoms. The number of rotatable bonds is 7. The number of esters is 1. The van der Waals surface area contributed by atoms with E-state index in [0.29, 0.717) is 26.8 Å². The van der Waals surface area contributed by atoms with E-state index >= 15 is 0 Å². The molecule has 3 amide bonds. The fraction of sp³-hybridized carbons (Fsp3) is 0.182. The van der Waals surface area contributed by atoms with Crippen LogP contribution < -0.4 is 10.9 Å². The topological polar surface area (TPSA) is 118 Å². The van der Waals surface area contributed by atoms with Gasteiger partial charge in [0.2, 0.25) is 5.91 Å². The Labute approximate surface area is 199 Å². The average molecular weight is 485 g/mol. The third-order valence-corrected chi connectivity index (χ3v) is 5.92. The lowest BCUT2D eigenvalue weighted by Crippen LogP contribution is -2.41. The summed E-state index contributed by atoms with van der Waals surface area (Å²) >= 11 is 6.48. The first-order chi connectivity index (χ1) is 15.9. The van der Waals surface area contributed by atoms with Gasteiger partial charge in [0.25, 0.3) is 11.8 Å². The number of amides is 3. The smallest absolute Gasteiger partial charge is 0.337 e. The van der Waals surface area contributed by atoms with Crippen molar-refractivity contribution in [2.24, 2.45) is 0 Å². The zero-order valence-electron chi connectivity index (χ0n) is 17.6. The molecule has 2 N–H and O–H groups in total. The lowest BCUT2D eigenvalue weighted by atomic mass is 10.1. The zero-order chi connectivity index (χ0) is 23.8. The van der Waals surface area contributed by atoms with E-state index < -0.39 is 11.9 Å². The molecule has 33 heavy (non-hydrogen) atoms. The quantitative estimate of drug-likeness (QED) is 0.266. The van der Waals surface area contributed by atoms with Gasteiger partial charge in [-0.15, -0.1) is 0 Å². The Morgan fingerprint density at radius 3 is 2.45 bits per heavy atom. The van der Waals surface area contributed by atoms with Crippen LogP contribution in [-0.2, 0) is 14.3 Å². The van der Waals surface area contributed by atoms with Crippen molar-refractivity contribution in [2.75, 3.05) is 13.7 Å². The lowest BCUT2D eigenvalue weighted by Gasteiger charge is -2.14. The van der Waals surface area contributed by atoms with Gasteiger partial charge < -0.3 is 4.74 Å². The molecular formula is C22H20N4O5S2. The highest BCUT2D eigenvalue weighted by atomic mass is 32.2. The normalized spacial score (nSPS) is 14.3. The molecule has 1 fully saturated rings. The Bertz CT molecular complexity index is 1100. The molecule has 2 aromatic rings. The van der Waals surface area contributed by atoms with Crippen LogP contribution in [0.1, 0.15) is 39.1 Å². The van der Waals surface area contributed by atoms with Gasteiger partial charge in [0.05, 0.1) is 17.6 Å². The molecule has 1 saturated heterocycles. The fourth-order valence-electron chi connectivity index (χ4n) is 2.84. The van der Waals surface area contributed by atoms with Crippen LogP contribution in [0.3, 0.4) is 0 Å². The van der Waals surface area contributed by atoms with E-state index in [4.69, 9.17) is 12.2 Å². The number of hydrogen-bond acceptors (Lipinski definition) is 8. The van der Waals surface area contributed by atoms with Gasteiger partial charge in [-0.3, -0.25) is 35.1 Å². The minimum Gasteiger partial charge on any atom is -0.465 e. The van der Waals surface area contributed by atoms with E-state index in [9.17, 15) is 19.2 Å². The van der Waals surface area contributed by atoms with Crippen molar-refractivity contribution >= 4 is 58.1 Å². The molecule has 0 unspecified atom stereocenters. The van der Waals surface area contributed by atoms with Gasteiger partial charge in [-0.25, -0.2) is 4.79 Å². The molecule has 0 radical (unpaired) electrons. The van der Waals surface area contributed by atoms with Crippen molar-refractivity contribution in [2.45, 2.75) is 12.8 Å². The minimum absolute atomic E-state index is 0.0989. The van der Waals surface area contributed by atoms with Gasteiger partial charge in [-0.05, 0) is 42.3 Å². The summed E-state index contributed by atoms with van der Waals surface area (Å²) in [6.07, 6.45) is 5.11. The molecule has 3 rings (SSSR count). The van der Waals surface area contributed by atoms with Gasteiger partial charge in [0.1, 0.15) is 4.32 Å². The van der Waals surface area contributed by atoms with Crippen molar-refractivity contribution in [1.82, 2.24) is 20.7 Å². The number of benzene rings is 1. The molecule has 0 saturated carbocycles. The number of carbonyl (C=O) groups is 4. The predicted octanol–water partition coefficient (Wildman–Crippen LogP) is 2.31. The van der Waals surface area contributed by atoms with E-state index in [1.165, 1.54) is 48.3 Å². The molecule has 1 aromatic heterocycles. The molecule has 170 valence electrons. The molecule has 0 bridgehead atoms. The first kappa shape index (κ1) is 24.1. The van der Waals surface area contributed by atoms with Crippen molar-refractivity contribution in [3.63, 3.8) is 0 Å². The van der Waals surface area contributed by atoms with Gasteiger partial charge in [0, 0.05) is 30.9 Å². The Hall–Kier alpha value is -3.57. The summed E-state index contributed by atoms with van der Waals surface area (Å²) in [5.74, 6) is -1.51. The highest BCUT2D eigenvalue weighted by Crippen LogP contribution is 2.32. The summed E-state index contributed by atoms with van der Waals surface area (Å²) < 4.78 is 5.07. The maximum atomic E-state index is 12.7. The Balaban J connectivity index is 1.47. The Morgan fingerprint density at radius 1 is 1.09 bits per heavy atom. The summed E-state index contributed by atoms with van der Waals surface area (Å²) in [7, 11) is 1.31. The summed E-state index contributed by atoms with van der Waals surface area (Å²) in [4.78, 5) is 53.9. The second-order valence-electron chi connectivity index (χ2n) is 6.79. The van der Waals surface area contributed by atoms with Crippen LogP contribution in [0, 0.1) is 0 Å². The van der Waals surface area contributed by atoms with Gasteiger partial charge in [0.15, 0.2) is 0 Å². The van der Waals surface area contributed by atoms with Crippen LogP contribution in [-0.4, -0.2) is 51.5 Å². The maximum Gasteiger partial charge on any atom is 0.337 e. The van der Waals surface area contributed by atoms with Crippen molar-refractivity contribution in [3.05, 3.63) is 70.4 Å². The maximum absolute atomic E-state index is 12.7. The first-order valence-electron chi connectivity index (χ1n) is 9.82.